The molecule has 1 heterocycles. The lowest BCUT2D eigenvalue weighted by molar-refractivity contribution is 0.302. The Morgan fingerprint density at radius 3 is 1.78 bits per heavy atom. The number of hydrogen-bond acceptors (Lipinski definition) is 1. The van der Waals surface area contributed by atoms with Crippen LogP contribution in [0.15, 0.2) is 42.6 Å². The highest BCUT2D eigenvalue weighted by atomic mass is 14.7. The van der Waals surface area contributed by atoms with Crippen LogP contribution in [0.1, 0.15) is 127 Å². The minimum atomic E-state index is 0.726. The van der Waals surface area contributed by atoms with Crippen LogP contribution in [0.3, 0.4) is 0 Å². The summed E-state index contributed by atoms with van der Waals surface area (Å²) in [7, 11) is 0. The van der Waals surface area contributed by atoms with Crippen LogP contribution in [0.25, 0.3) is 11.3 Å². The van der Waals surface area contributed by atoms with Gasteiger partial charge in [-0.25, -0.2) is 0 Å². The van der Waals surface area contributed by atoms with E-state index < -0.39 is 0 Å². The summed E-state index contributed by atoms with van der Waals surface area (Å²) in [5.41, 5.74) is 5.39. The Balaban J connectivity index is 1.29. The first kappa shape index (κ1) is 23.5. The molecule has 0 radical (unpaired) electrons. The van der Waals surface area contributed by atoms with E-state index in [9.17, 15) is 0 Å². The van der Waals surface area contributed by atoms with E-state index in [1.165, 1.54) is 107 Å². The van der Waals surface area contributed by atoms with E-state index in [0.717, 1.165) is 29.4 Å². The van der Waals surface area contributed by atoms with Crippen molar-refractivity contribution in [2.45, 2.75) is 116 Å². The molecule has 1 nitrogen and oxygen atoms in total. The topological polar surface area (TPSA) is 12.9 Å². The monoisotopic (exact) mass is 431 g/mol. The maximum atomic E-state index is 4.88. The first-order valence-corrected chi connectivity index (χ1v) is 13.8. The van der Waals surface area contributed by atoms with Gasteiger partial charge >= 0.3 is 0 Å². The zero-order valence-electron chi connectivity index (χ0n) is 20.7. The molecule has 2 fully saturated rings. The van der Waals surface area contributed by atoms with Crippen molar-refractivity contribution in [3.05, 3.63) is 53.7 Å². The van der Waals surface area contributed by atoms with Crippen molar-refractivity contribution in [3.63, 3.8) is 0 Å². The zero-order valence-corrected chi connectivity index (χ0v) is 20.7. The molecule has 32 heavy (non-hydrogen) atoms. The molecule has 0 N–H and O–H groups in total. The fourth-order valence-corrected chi connectivity index (χ4v) is 6.40. The van der Waals surface area contributed by atoms with E-state index in [2.05, 4.69) is 56.4 Å². The minimum Gasteiger partial charge on any atom is -0.256 e. The molecule has 1 aromatic carbocycles. The lowest BCUT2D eigenvalue weighted by atomic mass is 9.77. The summed E-state index contributed by atoms with van der Waals surface area (Å²) in [5.74, 6) is 3.45. The van der Waals surface area contributed by atoms with Crippen LogP contribution < -0.4 is 0 Å². The smallest absolute Gasteiger partial charge is 0.0702 e. The predicted octanol–water partition coefficient (Wildman–Crippen LogP) is 9.68. The second-order valence-electron chi connectivity index (χ2n) is 10.8. The van der Waals surface area contributed by atoms with Crippen molar-refractivity contribution in [1.82, 2.24) is 4.98 Å². The minimum absolute atomic E-state index is 0.726. The van der Waals surface area contributed by atoms with Gasteiger partial charge in [-0.1, -0.05) is 82.7 Å². The number of nitrogens with zero attached hydrogens (tertiary/aromatic N) is 1. The third-order valence-electron chi connectivity index (χ3n) is 8.54. The summed E-state index contributed by atoms with van der Waals surface area (Å²) in [6.45, 7) is 4.63. The summed E-state index contributed by atoms with van der Waals surface area (Å²) >= 11 is 0. The Kier molecular flexibility index (Phi) is 8.83. The molecule has 0 spiro atoms. The quantitative estimate of drug-likeness (QED) is 0.360. The predicted molar refractivity (Wildman–Crippen MR) is 138 cm³/mol. The fourth-order valence-electron chi connectivity index (χ4n) is 6.40. The van der Waals surface area contributed by atoms with Crippen molar-refractivity contribution < 1.29 is 0 Å². The Morgan fingerprint density at radius 1 is 0.625 bits per heavy atom. The second kappa shape index (κ2) is 12.0. The van der Waals surface area contributed by atoms with Crippen molar-refractivity contribution >= 4 is 0 Å². The molecule has 1 heteroatoms. The van der Waals surface area contributed by atoms with Gasteiger partial charge in [0, 0.05) is 11.8 Å². The van der Waals surface area contributed by atoms with E-state index in [4.69, 9.17) is 4.98 Å². The van der Waals surface area contributed by atoms with Crippen molar-refractivity contribution in [2.75, 3.05) is 0 Å². The fraction of sp³-hybridized carbons (Fsp3) is 0.645. The average molecular weight is 432 g/mol. The summed E-state index contributed by atoms with van der Waals surface area (Å²) in [4.78, 5) is 4.88. The van der Waals surface area contributed by atoms with E-state index in [1.54, 1.807) is 0 Å². The molecule has 0 aliphatic heterocycles. The second-order valence-corrected chi connectivity index (χ2v) is 10.8. The van der Waals surface area contributed by atoms with Gasteiger partial charge < -0.3 is 0 Å². The molecule has 0 atom stereocenters. The van der Waals surface area contributed by atoms with Gasteiger partial charge in [0.05, 0.1) is 5.69 Å². The Hall–Kier alpha value is -1.63. The number of benzene rings is 1. The van der Waals surface area contributed by atoms with E-state index in [-0.39, 0.29) is 0 Å². The highest BCUT2D eigenvalue weighted by Gasteiger charge is 2.23. The highest BCUT2D eigenvalue weighted by molar-refractivity contribution is 5.59. The van der Waals surface area contributed by atoms with Crippen LogP contribution in [0.2, 0.25) is 0 Å². The molecule has 1 aromatic heterocycles. The van der Waals surface area contributed by atoms with Crippen molar-refractivity contribution in [3.8, 4) is 11.3 Å². The summed E-state index contributed by atoms with van der Waals surface area (Å²) in [5, 5.41) is 0. The molecule has 2 aromatic rings. The van der Waals surface area contributed by atoms with E-state index in [1.807, 2.05) is 0 Å². The third-order valence-corrected chi connectivity index (χ3v) is 8.54. The van der Waals surface area contributed by atoms with Gasteiger partial charge in [0.15, 0.2) is 0 Å². The lowest BCUT2D eigenvalue weighted by Crippen LogP contribution is -2.13. The number of pyridine rings is 1. The van der Waals surface area contributed by atoms with Gasteiger partial charge in [-0.2, -0.15) is 0 Å². The molecule has 0 amide bonds. The third kappa shape index (κ3) is 6.24. The molecule has 2 aliphatic rings. The van der Waals surface area contributed by atoms with E-state index in [0.29, 0.717) is 0 Å². The van der Waals surface area contributed by atoms with Gasteiger partial charge in [-0.15, -0.1) is 0 Å². The van der Waals surface area contributed by atoms with Gasteiger partial charge in [0.2, 0.25) is 0 Å². The molecule has 0 unspecified atom stereocenters. The average Bonchev–Trinajstić information content (AvgIpc) is 2.86. The van der Waals surface area contributed by atoms with Crippen LogP contribution >= 0.6 is 0 Å². The van der Waals surface area contributed by atoms with Crippen molar-refractivity contribution in [1.29, 1.82) is 0 Å². The van der Waals surface area contributed by atoms with Gasteiger partial charge in [0.25, 0.3) is 0 Å². The van der Waals surface area contributed by atoms with E-state index >= 15 is 0 Å². The van der Waals surface area contributed by atoms with Crippen LogP contribution in [0, 0.1) is 11.8 Å². The summed E-state index contributed by atoms with van der Waals surface area (Å²) < 4.78 is 0. The molecule has 0 saturated heterocycles. The highest BCUT2D eigenvalue weighted by Crippen LogP contribution is 2.39. The largest absolute Gasteiger partial charge is 0.256 e. The molecular weight excluding hydrogens is 386 g/mol. The van der Waals surface area contributed by atoms with Gasteiger partial charge in [-0.3, -0.25) is 4.98 Å². The molecule has 2 saturated carbocycles. The number of rotatable bonds is 9. The maximum absolute atomic E-state index is 4.88. The molecule has 2 aliphatic carbocycles. The van der Waals surface area contributed by atoms with Crippen LogP contribution in [-0.2, 0) is 0 Å². The number of unbranched alkanes of at least 4 members (excludes halogenated alkanes) is 2. The standard InChI is InChI=1S/C31H45N/c1-3-5-6-8-25-11-15-28(16-12-25)30-21-22-31(32-23-30)29-19-17-27(18-20-29)26-13-9-24(7-4-2)10-14-26/h17-26,28H,3-16H2,1-2H3. The molecule has 4 rings (SSSR count). The number of hydrogen-bond donors (Lipinski definition) is 0. The Morgan fingerprint density at radius 2 is 1.22 bits per heavy atom. The SMILES string of the molecule is CCCCCC1CCC(c2ccc(-c3ccc(C4CCC(CCC)CC4)cc3)nc2)CC1. The van der Waals surface area contributed by atoms with Crippen LogP contribution in [0.4, 0.5) is 0 Å². The van der Waals surface area contributed by atoms with Gasteiger partial charge in [0.1, 0.15) is 0 Å². The molecule has 0 bridgehead atoms. The van der Waals surface area contributed by atoms with Crippen molar-refractivity contribution in [2.24, 2.45) is 11.8 Å². The zero-order chi connectivity index (χ0) is 22.2. The normalized spacial score (nSPS) is 26.2. The molecular formula is C31H45N. The number of aromatic nitrogens is 1. The van der Waals surface area contributed by atoms with Gasteiger partial charge in [-0.05, 0) is 92.2 Å². The maximum Gasteiger partial charge on any atom is 0.0702 e. The molecule has 174 valence electrons. The lowest BCUT2D eigenvalue weighted by Gasteiger charge is -2.29. The Bertz CT molecular complexity index is 774. The summed E-state index contributed by atoms with van der Waals surface area (Å²) in [6, 6.07) is 14.0. The summed E-state index contributed by atoms with van der Waals surface area (Å²) in [6.07, 6.45) is 21.7. The van der Waals surface area contributed by atoms with Crippen LogP contribution in [0.5, 0.6) is 0 Å². The Labute approximate surface area is 197 Å². The van der Waals surface area contributed by atoms with Crippen LogP contribution in [-0.4, -0.2) is 4.98 Å². The first-order valence-electron chi connectivity index (χ1n) is 13.8. The first-order chi connectivity index (χ1) is 15.8.